The van der Waals surface area contributed by atoms with E-state index in [0.29, 0.717) is 18.9 Å². The maximum atomic E-state index is 12.4. The second kappa shape index (κ2) is 6.27. The molecule has 1 atom stereocenters. The lowest BCUT2D eigenvalue weighted by Crippen LogP contribution is -2.40. The predicted molar refractivity (Wildman–Crippen MR) is 81.0 cm³/mol. The summed E-state index contributed by atoms with van der Waals surface area (Å²) in [4.78, 5) is 18.2. The zero-order chi connectivity index (χ0) is 15.5. The molecule has 1 saturated heterocycles. The molecule has 1 aliphatic heterocycles. The largest absolute Gasteiger partial charge is 0.388 e. The fourth-order valence-electron chi connectivity index (χ4n) is 2.97. The van der Waals surface area contributed by atoms with Gasteiger partial charge in [0, 0.05) is 20.1 Å². The van der Waals surface area contributed by atoms with Crippen molar-refractivity contribution in [3.63, 3.8) is 0 Å². The number of aliphatic hydroxyl groups is 1. The van der Waals surface area contributed by atoms with E-state index >= 15 is 0 Å². The van der Waals surface area contributed by atoms with Gasteiger partial charge in [0.15, 0.2) is 0 Å². The van der Waals surface area contributed by atoms with Crippen LogP contribution in [0.3, 0.4) is 0 Å². The number of benzene rings is 1. The van der Waals surface area contributed by atoms with Crippen LogP contribution in [0.4, 0.5) is 0 Å². The van der Waals surface area contributed by atoms with E-state index in [1.807, 2.05) is 30.3 Å². The molecule has 6 nitrogen and oxygen atoms in total. The van der Waals surface area contributed by atoms with Crippen LogP contribution in [-0.2, 0) is 7.05 Å². The third kappa shape index (κ3) is 2.87. The molecule has 0 spiro atoms. The Morgan fingerprint density at radius 1 is 1.27 bits per heavy atom. The van der Waals surface area contributed by atoms with E-state index in [-0.39, 0.29) is 11.8 Å². The summed E-state index contributed by atoms with van der Waals surface area (Å²) in [6.07, 6.45) is 2.51. The maximum absolute atomic E-state index is 12.4. The summed E-state index contributed by atoms with van der Waals surface area (Å²) in [6, 6.07) is 9.71. The van der Waals surface area contributed by atoms with Crippen molar-refractivity contribution in [1.29, 1.82) is 0 Å². The molecular weight excluding hydrogens is 280 g/mol. The van der Waals surface area contributed by atoms with E-state index < -0.39 is 6.10 Å². The van der Waals surface area contributed by atoms with Gasteiger partial charge in [-0.3, -0.25) is 4.79 Å². The summed E-state index contributed by atoms with van der Waals surface area (Å²) in [5, 5.41) is 14.4. The maximum Gasteiger partial charge on any atom is 0.291 e. The zero-order valence-corrected chi connectivity index (χ0v) is 12.6. The van der Waals surface area contributed by atoms with Crippen molar-refractivity contribution in [3.8, 4) is 0 Å². The molecule has 2 heterocycles. The Bertz CT molecular complexity index is 633. The molecule has 6 heteroatoms. The zero-order valence-electron chi connectivity index (χ0n) is 12.6. The lowest BCUT2D eigenvalue weighted by molar-refractivity contribution is 0.0451. The summed E-state index contributed by atoms with van der Waals surface area (Å²) < 4.78 is 1.49. The number of hydrogen-bond acceptors (Lipinski definition) is 4. The van der Waals surface area contributed by atoms with Crippen LogP contribution in [0.15, 0.2) is 36.7 Å². The SMILES string of the molecule is Cn1ncnc1C(=O)N1CCC(C(O)c2ccccc2)CC1. The molecule has 1 aliphatic rings. The van der Waals surface area contributed by atoms with Crippen LogP contribution >= 0.6 is 0 Å². The van der Waals surface area contributed by atoms with Gasteiger partial charge in [0.25, 0.3) is 5.91 Å². The Balaban J connectivity index is 1.61. The van der Waals surface area contributed by atoms with E-state index in [2.05, 4.69) is 10.1 Å². The first-order chi connectivity index (χ1) is 10.7. The van der Waals surface area contributed by atoms with Crippen molar-refractivity contribution >= 4 is 5.91 Å². The molecule has 1 aromatic heterocycles. The molecule has 116 valence electrons. The van der Waals surface area contributed by atoms with Crippen molar-refractivity contribution in [2.75, 3.05) is 13.1 Å². The molecule has 0 radical (unpaired) electrons. The van der Waals surface area contributed by atoms with Crippen LogP contribution in [0.25, 0.3) is 0 Å². The Morgan fingerprint density at radius 3 is 2.55 bits per heavy atom. The topological polar surface area (TPSA) is 71.2 Å². The Hall–Kier alpha value is -2.21. The lowest BCUT2D eigenvalue weighted by atomic mass is 9.87. The number of amides is 1. The molecule has 22 heavy (non-hydrogen) atoms. The Morgan fingerprint density at radius 2 is 1.95 bits per heavy atom. The number of hydrogen-bond donors (Lipinski definition) is 1. The number of piperidine rings is 1. The third-order valence-corrected chi connectivity index (χ3v) is 4.32. The van der Waals surface area contributed by atoms with Crippen molar-refractivity contribution in [1.82, 2.24) is 19.7 Å². The molecule has 0 aliphatic carbocycles. The second-order valence-electron chi connectivity index (χ2n) is 5.69. The molecule has 1 amide bonds. The van der Waals surface area contributed by atoms with Crippen LogP contribution in [0, 0.1) is 5.92 Å². The van der Waals surface area contributed by atoms with E-state index in [9.17, 15) is 9.90 Å². The van der Waals surface area contributed by atoms with Gasteiger partial charge in [-0.1, -0.05) is 30.3 Å². The Kier molecular flexibility index (Phi) is 4.20. The van der Waals surface area contributed by atoms with E-state index in [0.717, 1.165) is 18.4 Å². The molecule has 1 N–H and O–H groups in total. The predicted octanol–water partition coefficient (Wildman–Crippen LogP) is 1.40. The summed E-state index contributed by atoms with van der Waals surface area (Å²) in [6.45, 7) is 1.28. The van der Waals surface area contributed by atoms with Gasteiger partial charge >= 0.3 is 0 Å². The highest BCUT2D eigenvalue weighted by molar-refractivity contribution is 5.90. The summed E-state index contributed by atoms with van der Waals surface area (Å²) in [7, 11) is 1.71. The van der Waals surface area contributed by atoms with Crippen molar-refractivity contribution in [3.05, 3.63) is 48.0 Å². The molecule has 1 fully saturated rings. The van der Waals surface area contributed by atoms with Gasteiger partial charge in [-0.05, 0) is 24.3 Å². The second-order valence-corrected chi connectivity index (χ2v) is 5.69. The number of aryl methyl sites for hydroxylation is 1. The number of aliphatic hydroxyl groups excluding tert-OH is 1. The highest BCUT2D eigenvalue weighted by Gasteiger charge is 2.29. The summed E-state index contributed by atoms with van der Waals surface area (Å²) >= 11 is 0. The van der Waals surface area contributed by atoms with E-state index in [4.69, 9.17) is 0 Å². The highest BCUT2D eigenvalue weighted by Crippen LogP contribution is 2.30. The molecule has 1 aromatic carbocycles. The van der Waals surface area contributed by atoms with Gasteiger partial charge in [0.05, 0.1) is 6.10 Å². The van der Waals surface area contributed by atoms with E-state index in [1.54, 1.807) is 11.9 Å². The van der Waals surface area contributed by atoms with Crippen LogP contribution in [0.5, 0.6) is 0 Å². The van der Waals surface area contributed by atoms with Gasteiger partial charge in [0.1, 0.15) is 6.33 Å². The first-order valence-corrected chi connectivity index (χ1v) is 7.53. The molecule has 3 rings (SSSR count). The normalized spacial score (nSPS) is 17.5. The van der Waals surface area contributed by atoms with Crippen LogP contribution < -0.4 is 0 Å². The fourth-order valence-corrected chi connectivity index (χ4v) is 2.97. The summed E-state index contributed by atoms with van der Waals surface area (Å²) in [5.41, 5.74) is 0.945. The molecule has 0 saturated carbocycles. The van der Waals surface area contributed by atoms with E-state index in [1.165, 1.54) is 11.0 Å². The number of rotatable bonds is 3. The third-order valence-electron chi connectivity index (χ3n) is 4.32. The molecule has 2 aromatic rings. The minimum atomic E-state index is -0.465. The number of nitrogens with zero attached hydrogens (tertiary/aromatic N) is 4. The Labute approximate surface area is 129 Å². The van der Waals surface area contributed by atoms with Gasteiger partial charge in [0.2, 0.25) is 5.82 Å². The number of carbonyl (C=O) groups is 1. The lowest BCUT2D eigenvalue weighted by Gasteiger charge is -2.34. The number of likely N-dealkylation sites (tertiary alicyclic amines) is 1. The van der Waals surface area contributed by atoms with Crippen molar-refractivity contribution in [2.45, 2.75) is 18.9 Å². The quantitative estimate of drug-likeness (QED) is 0.930. The molecular formula is C16H20N4O2. The molecule has 0 bridgehead atoms. The number of carbonyl (C=O) groups excluding carboxylic acids is 1. The minimum Gasteiger partial charge on any atom is -0.388 e. The minimum absolute atomic E-state index is 0.0901. The summed E-state index contributed by atoms with van der Waals surface area (Å²) in [5.74, 6) is 0.459. The van der Waals surface area contributed by atoms with Crippen LogP contribution in [-0.4, -0.2) is 43.8 Å². The highest BCUT2D eigenvalue weighted by atomic mass is 16.3. The molecule has 1 unspecified atom stereocenters. The first-order valence-electron chi connectivity index (χ1n) is 7.53. The average molecular weight is 300 g/mol. The monoisotopic (exact) mass is 300 g/mol. The first kappa shape index (κ1) is 14.7. The van der Waals surface area contributed by atoms with Crippen LogP contribution in [0.2, 0.25) is 0 Å². The van der Waals surface area contributed by atoms with Gasteiger partial charge in [-0.2, -0.15) is 5.10 Å². The number of aromatic nitrogens is 3. The van der Waals surface area contributed by atoms with Crippen molar-refractivity contribution < 1.29 is 9.90 Å². The average Bonchev–Trinajstić information content (AvgIpc) is 3.00. The van der Waals surface area contributed by atoms with Gasteiger partial charge < -0.3 is 10.0 Å². The smallest absolute Gasteiger partial charge is 0.291 e. The van der Waals surface area contributed by atoms with Gasteiger partial charge in [-0.25, -0.2) is 9.67 Å². The fraction of sp³-hybridized carbons (Fsp3) is 0.438. The van der Waals surface area contributed by atoms with Crippen LogP contribution in [0.1, 0.15) is 35.1 Å². The van der Waals surface area contributed by atoms with Crippen molar-refractivity contribution in [2.24, 2.45) is 13.0 Å². The van der Waals surface area contributed by atoms with Gasteiger partial charge in [-0.15, -0.1) is 0 Å². The standard InChI is InChI=1S/C16H20N4O2/c1-19-15(17-11-18-19)16(22)20-9-7-13(8-10-20)14(21)12-5-3-2-4-6-12/h2-6,11,13-14,21H,7-10H2,1H3.